The molecule has 1 saturated heterocycles. The van der Waals surface area contributed by atoms with E-state index in [-0.39, 0.29) is 0 Å². The third-order valence-electron chi connectivity index (χ3n) is 6.80. The lowest BCUT2D eigenvalue weighted by atomic mass is 10.0. The van der Waals surface area contributed by atoms with Gasteiger partial charge < -0.3 is 10.6 Å². The van der Waals surface area contributed by atoms with E-state index in [4.69, 9.17) is 0 Å². The zero-order chi connectivity index (χ0) is 24.5. The number of allylic oxidation sites excluding steroid dienone is 5. The Morgan fingerprint density at radius 3 is 2.67 bits per heavy atom. The Bertz CT molecular complexity index is 1570. The van der Waals surface area contributed by atoms with Crippen LogP contribution in [0.1, 0.15) is 24.1 Å². The molecule has 3 nitrogen and oxygen atoms in total. The van der Waals surface area contributed by atoms with Crippen LogP contribution < -0.4 is 16.0 Å². The average molecular weight is 488 g/mol. The van der Waals surface area contributed by atoms with Crippen molar-refractivity contribution >= 4 is 42.8 Å². The van der Waals surface area contributed by atoms with Crippen LogP contribution >= 0.6 is 11.3 Å². The number of thiophene rings is 1. The van der Waals surface area contributed by atoms with Crippen molar-refractivity contribution < 1.29 is 0 Å². The lowest BCUT2D eigenvalue weighted by Crippen LogP contribution is -2.24. The van der Waals surface area contributed by atoms with E-state index in [0.717, 1.165) is 29.2 Å². The lowest BCUT2D eigenvalue weighted by molar-refractivity contribution is 0.871. The summed E-state index contributed by atoms with van der Waals surface area (Å²) in [6.45, 7) is 7.21. The van der Waals surface area contributed by atoms with Gasteiger partial charge in [-0.15, -0.1) is 11.3 Å². The highest BCUT2D eigenvalue weighted by Crippen LogP contribution is 2.42. The fourth-order valence-electron chi connectivity index (χ4n) is 4.92. The molecule has 1 fully saturated rings. The average Bonchev–Trinajstić information content (AvgIpc) is 3.63. The summed E-state index contributed by atoms with van der Waals surface area (Å²) in [6.07, 6.45) is 12.7. The molecule has 6 rings (SSSR count). The quantitative estimate of drug-likeness (QED) is 0.185. The first-order valence-corrected chi connectivity index (χ1v) is 13.2. The molecule has 36 heavy (non-hydrogen) atoms. The van der Waals surface area contributed by atoms with E-state index in [2.05, 4.69) is 107 Å². The Balaban J connectivity index is 1.36. The van der Waals surface area contributed by atoms with Gasteiger partial charge in [0.15, 0.2) is 0 Å². The molecule has 0 radical (unpaired) electrons. The number of dihydropyridines is 1. The molecule has 4 aromatic rings. The SMILES string of the molecule is C=C(/C=C\C=C/C)c1ccc2c(sc3ccccc32)c1NC1=CC(C2NC2c2ccccc2)=CCN1. The van der Waals surface area contributed by atoms with Crippen LogP contribution in [0.5, 0.6) is 0 Å². The molecule has 0 aliphatic carbocycles. The van der Waals surface area contributed by atoms with Crippen LogP contribution in [0, 0.1) is 0 Å². The fourth-order valence-corrected chi connectivity index (χ4v) is 6.12. The molecule has 3 N–H and O–H groups in total. The predicted molar refractivity (Wildman–Crippen MR) is 156 cm³/mol. The molecule has 2 aliphatic heterocycles. The summed E-state index contributed by atoms with van der Waals surface area (Å²) in [7, 11) is 0. The summed E-state index contributed by atoms with van der Waals surface area (Å²) in [5.41, 5.74) is 5.86. The highest BCUT2D eigenvalue weighted by atomic mass is 32.1. The van der Waals surface area contributed by atoms with E-state index in [1.807, 2.05) is 36.5 Å². The lowest BCUT2D eigenvalue weighted by Gasteiger charge is -2.20. The van der Waals surface area contributed by atoms with Crippen molar-refractivity contribution in [3.63, 3.8) is 0 Å². The zero-order valence-electron chi connectivity index (χ0n) is 20.3. The van der Waals surface area contributed by atoms with Crippen molar-refractivity contribution in [2.45, 2.75) is 19.0 Å². The van der Waals surface area contributed by atoms with Gasteiger partial charge in [0, 0.05) is 27.6 Å². The van der Waals surface area contributed by atoms with Crippen molar-refractivity contribution in [1.82, 2.24) is 10.6 Å². The van der Waals surface area contributed by atoms with Crippen LogP contribution in [0.15, 0.2) is 121 Å². The van der Waals surface area contributed by atoms with Gasteiger partial charge in [-0.25, -0.2) is 0 Å². The van der Waals surface area contributed by atoms with Gasteiger partial charge in [0.1, 0.15) is 5.82 Å². The fraction of sp³-hybridized carbons (Fsp3) is 0.125. The maximum absolute atomic E-state index is 4.39. The highest BCUT2D eigenvalue weighted by molar-refractivity contribution is 7.26. The van der Waals surface area contributed by atoms with E-state index in [0.29, 0.717) is 12.1 Å². The molecule has 0 saturated carbocycles. The first-order valence-electron chi connectivity index (χ1n) is 12.4. The van der Waals surface area contributed by atoms with Gasteiger partial charge in [-0.1, -0.05) is 97.6 Å². The van der Waals surface area contributed by atoms with Crippen molar-refractivity contribution in [2.75, 3.05) is 11.9 Å². The van der Waals surface area contributed by atoms with Gasteiger partial charge in [0.25, 0.3) is 0 Å². The number of rotatable bonds is 7. The second-order valence-electron chi connectivity index (χ2n) is 9.17. The zero-order valence-corrected chi connectivity index (χ0v) is 21.1. The van der Waals surface area contributed by atoms with E-state index < -0.39 is 0 Å². The summed E-state index contributed by atoms with van der Waals surface area (Å²) >= 11 is 1.83. The van der Waals surface area contributed by atoms with Crippen molar-refractivity contribution in [2.24, 2.45) is 0 Å². The normalized spacial score (nSPS) is 19.5. The third-order valence-corrected chi connectivity index (χ3v) is 8.00. The van der Waals surface area contributed by atoms with Crippen LogP contribution in [-0.4, -0.2) is 12.6 Å². The summed E-state index contributed by atoms with van der Waals surface area (Å²) in [5, 5.41) is 13.5. The molecule has 0 bridgehead atoms. The molecule has 0 spiro atoms. The Labute approximate surface area is 216 Å². The molecule has 1 aromatic heterocycles. The van der Waals surface area contributed by atoms with E-state index in [1.54, 1.807) is 0 Å². The molecule has 178 valence electrons. The number of nitrogens with one attached hydrogen (secondary N) is 3. The third kappa shape index (κ3) is 4.30. The summed E-state index contributed by atoms with van der Waals surface area (Å²) < 4.78 is 2.54. The molecule has 3 aromatic carbocycles. The van der Waals surface area contributed by atoms with Gasteiger partial charge in [-0.2, -0.15) is 0 Å². The Morgan fingerprint density at radius 2 is 1.81 bits per heavy atom. The smallest absolute Gasteiger partial charge is 0.104 e. The van der Waals surface area contributed by atoms with Gasteiger partial charge >= 0.3 is 0 Å². The van der Waals surface area contributed by atoms with Crippen molar-refractivity contribution in [3.05, 3.63) is 132 Å². The van der Waals surface area contributed by atoms with Crippen LogP contribution in [0.2, 0.25) is 0 Å². The molecule has 4 heteroatoms. The summed E-state index contributed by atoms with van der Waals surface area (Å²) in [6, 6.07) is 24.5. The van der Waals surface area contributed by atoms with Crippen LogP contribution in [0.3, 0.4) is 0 Å². The predicted octanol–water partition coefficient (Wildman–Crippen LogP) is 7.70. The minimum absolute atomic E-state index is 0.351. The maximum Gasteiger partial charge on any atom is 0.104 e. The highest BCUT2D eigenvalue weighted by Gasteiger charge is 2.39. The van der Waals surface area contributed by atoms with E-state index >= 15 is 0 Å². The van der Waals surface area contributed by atoms with Gasteiger partial charge in [-0.05, 0) is 35.8 Å². The number of hydrogen-bond acceptors (Lipinski definition) is 4. The topological polar surface area (TPSA) is 46.0 Å². The van der Waals surface area contributed by atoms with Gasteiger partial charge in [0.05, 0.1) is 22.5 Å². The standard InChI is InChI=1S/C32H29N3S/c1-3-4-6-11-21(2)24-16-17-26-25-14-9-10-15-27(25)36-32(26)31(24)34-28-20-23(18-19-33-28)30-29(35-30)22-12-7-5-8-13-22/h3-18,20,29-30,33-35H,2,19H2,1H3/b4-3-,11-6-. The molecule has 2 atom stereocenters. The van der Waals surface area contributed by atoms with Crippen molar-refractivity contribution in [1.29, 1.82) is 0 Å². The molecular weight excluding hydrogens is 458 g/mol. The monoisotopic (exact) mass is 487 g/mol. The Morgan fingerprint density at radius 1 is 0.972 bits per heavy atom. The number of hydrogen-bond donors (Lipinski definition) is 3. The minimum atomic E-state index is 0.351. The first-order chi connectivity index (χ1) is 17.7. The first kappa shape index (κ1) is 22.6. The molecule has 2 unspecified atom stereocenters. The second-order valence-corrected chi connectivity index (χ2v) is 10.2. The molecular formula is C32H29N3S. The largest absolute Gasteiger partial charge is 0.368 e. The maximum atomic E-state index is 4.39. The number of benzene rings is 3. The van der Waals surface area contributed by atoms with E-state index in [9.17, 15) is 0 Å². The second kappa shape index (κ2) is 9.65. The Hall–Kier alpha value is -3.86. The summed E-state index contributed by atoms with van der Waals surface area (Å²) in [5.74, 6) is 1.02. The Kier molecular flexibility index (Phi) is 6.06. The van der Waals surface area contributed by atoms with Crippen LogP contribution in [-0.2, 0) is 0 Å². The van der Waals surface area contributed by atoms with Crippen molar-refractivity contribution in [3.8, 4) is 0 Å². The molecule has 2 aliphatic rings. The number of anilines is 1. The van der Waals surface area contributed by atoms with Crippen LogP contribution in [0.25, 0.3) is 25.7 Å². The van der Waals surface area contributed by atoms with Crippen LogP contribution in [0.4, 0.5) is 5.69 Å². The van der Waals surface area contributed by atoms with Gasteiger partial charge in [-0.3, -0.25) is 5.32 Å². The minimum Gasteiger partial charge on any atom is -0.368 e. The molecule has 3 heterocycles. The summed E-state index contributed by atoms with van der Waals surface area (Å²) in [4.78, 5) is 0. The molecule has 0 amide bonds. The number of fused-ring (bicyclic) bond motifs is 3. The van der Waals surface area contributed by atoms with Gasteiger partial charge in [0.2, 0.25) is 0 Å². The van der Waals surface area contributed by atoms with E-state index in [1.165, 1.54) is 31.3 Å².